The fraction of sp³-hybridized carbons (Fsp3) is 0.167. The lowest BCUT2D eigenvalue weighted by atomic mass is 10.5. The Morgan fingerprint density at radius 2 is 1.89 bits per heavy atom. The van der Waals surface area contributed by atoms with Crippen LogP contribution in [0.15, 0.2) is 24.8 Å². The Hall–Kier alpha value is -1.25. The highest BCUT2D eigenvalue weighted by atomic mass is 16.2. The second kappa shape index (κ2) is 9.89. The molecule has 0 spiro atoms. The molecule has 0 aromatic heterocycles. The predicted molar refractivity (Wildman–Crippen MR) is 38.8 cm³/mol. The van der Waals surface area contributed by atoms with E-state index in [-0.39, 0.29) is 0 Å². The summed E-state index contributed by atoms with van der Waals surface area (Å²) < 4.78 is 0. The van der Waals surface area contributed by atoms with Gasteiger partial charge in [-0.15, -0.1) is 0 Å². The molecule has 0 bridgehead atoms. The third kappa shape index (κ3) is 271. The first-order valence-electron chi connectivity index (χ1n) is 2.43. The highest BCUT2D eigenvalue weighted by Gasteiger charge is 1.60. The van der Waals surface area contributed by atoms with E-state index >= 15 is 0 Å². The monoisotopic (exact) mass is 128 g/mol. The number of hydrogen-bond acceptors (Lipinski definition) is 1. The van der Waals surface area contributed by atoms with Gasteiger partial charge in [-0.3, -0.25) is 0 Å². The summed E-state index contributed by atoms with van der Waals surface area (Å²) in [5.74, 6) is 0. The number of hydrogen-bond donors (Lipinski definition) is 2. The lowest BCUT2D eigenvalue weighted by Gasteiger charge is -1.62. The zero-order valence-electron chi connectivity index (χ0n) is 5.50. The van der Waals surface area contributed by atoms with E-state index in [0.29, 0.717) is 0 Å². The van der Waals surface area contributed by atoms with E-state index < -0.39 is 6.03 Å². The van der Waals surface area contributed by atoms with E-state index in [2.05, 4.69) is 18.0 Å². The van der Waals surface area contributed by atoms with Gasteiger partial charge in [-0.05, 0) is 6.92 Å². The van der Waals surface area contributed by atoms with Gasteiger partial charge in [0, 0.05) is 0 Å². The SMILES string of the molecule is C=CC=CC.NC(N)=O. The summed E-state index contributed by atoms with van der Waals surface area (Å²) in [5, 5.41) is 0. The summed E-state index contributed by atoms with van der Waals surface area (Å²) in [6.45, 7) is 5.42. The van der Waals surface area contributed by atoms with Crippen LogP contribution >= 0.6 is 0 Å². The third-order valence-electron chi connectivity index (χ3n) is 0.329. The Labute approximate surface area is 55.0 Å². The normalized spacial score (nSPS) is 7.67. The highest BCUT2D eigenvalue weighted by Crippen LogP contribution is 1.64. The number of nitrogens with two attached hydrogens (primary N) is 2. The van der Waals surface area contributed by atoms with Crippen molar-refractivity contribution in [3.05, 3.63) is 24.8 Å². The number of rotatable bonds is 1. The summed E-state index contributed by atoms with van der Waals surface area (Å²) >= 11 is 0. The largest absolute Gasteiger partial charge is 0.352 e. The first-order valence-corrected chi connectivity index (χ1v) is 2.43. The van der Waals surface area contributed by atoms with Gasteiger partial charge in [0.25, 0.3) is 0 Å². The minimum Gasteiger partial charge on any atom is -0.352 e. The number of primary amides is 2. The van der Waals surface area contributed by atoms with Crippen LogP contribution in [0.25, 0.3) is 0 Å². The zero-order chi connectivity index (χ0) is 7.70. The maximum absolute atomic E-state index is 9.00. The van der Waals surface area contributed by atoms with E-state index in [0.717, 1.165) is 0 Å². The van der Waals surface area contributed by atoms with Crippen LogP contribution in [0.3, 0.4) is 0 Å². The van der Waals surface area contributed by atoms with Gasteiger partial charge in [0.05, 0.1) is 0 Å². The molecule has 0 rings (SSSR count). The van der Waals surface area contributed by atoms with Crippen molar-refractivity contribution < 1.29 is 4.79 Å². The van der Waals surface area contributed by atoms with Crippen LogP contribution < -0.4 is 11.5 Å². The molecule has 0 aromatic rings. The molecule has 0 radical (unpaired) electrons. The van der Waals surface area contributed by atoms with Crippen LogP contribution in [-0.2, 0) is 0 Å². The molecule has 0 atom stereocenters. The number of amides is 2. The Balaban J connectivity index is 0. The third-order valence-corrected chi connectivity index (χ3v) is 0.329. The minimum absolute atomic E-state index is 0.833. The van der Waals surface area contributed by atoms with Crippen molar-refractivity contribution in [3.63, 3.8) is 0 Å². The van der Waals surface area contributed by atoms with Crippen molar-refractivity contribution in [2.24, 2.45) is 11.5 Å². The van der Waals surface area contributed by atoms with Crippen molar-refractivity contribution in [3.8, 4) is 0 Å². The van der Waals surface area contributed by atoms with Gasteiger partial charge in [-0.1, -0.05) is 24.8 Å². The quantitative estimate of drug-likeness (QED) is 0.503. The Morgan fingerprint density at radius 1 is 1.56 bits per heavy atom. The lowest BCUT2D eigenvalue weighted by molar-refractivity contribution is 0.256. The number of carbonyl (C=O) groups excluding carboxylic acids is 1. The molecule has 4 N–H and O–H groups in total. The van der Waals surface area contributed by atoms with Gasteiger partial charge < -0.3 is 11.5 Å². The van der Waals surface area contributed by atoms with E-state index in [1.807, 2.05) is 19.1 Å². The Kier molecular flexibility index (Phi) is 11.7. The molecule has 0 aliphatic rings. The molecule has 52 valence electrons. The van der Waals surface area contributed by atoms with Crippen LogP contribution in [0.2, 0.25) is 0 Å². The number of urea groups is 1. The van der Waals surface area contributed by atoms with Crippen molar-refractivity contribution >= 4 is 6.03 Å². The summed E-state index contributed by atoms with van der Waals surface area (Å²) in [4.78, 5) is 9.00. The summed E-state index contributed by atoms with van der Waals surface area (Å²) in [6.07, 6.45) is 5.58. The van der Waals surface area contributed by atoms with E-state index in [1.54, 1.807) is 6.08 Å². The average molecular weight is 128 g/mol. The molecule has 0 unspecified atom stereocenters. The standard InChI is InChI=1S/C5H8.CH4N2O/c1-3-5-4-2;2-1(3)4/h3-5H,1H2,2H3;(H4,2,3,4). The first-order chi connectivity index (χ1) is 4.15. The predicted octanol–water partition coefficient (Wildman–Crippen LogP) is 0.772. The molecule has 3 nitrogen and oxygen atoms in total. The topological polar surface area (TPSA) is 69.1 Å². The van der Waals surface area contributed by atoms with Gasteiger partial charge in [0.15, 0.2) is 0 Å². The summed E-state index contributed by atoms with van der Waals surface area (Å²) in [7, 11) is 0. The molecule has 2 amide bonds. The van der Waals surface area contributed by atoms with Crippen molar-refractivity contribution in [1.29, 1.82) is 0 Å². The number of allylic oxidation sites excluding steroid dienone is 3. The molecule has 0 aliphatic heterocycles. The van der Waals surface area contributed by atoms with Crippen molar-refractivity contribution in [2.75, 3.05) is 0 Å². The molecular formula is C6H12N2O. The molecule has 0 aromatic carbocycles. The van der Waals surface area contributed by atoms with Gasteiger partial charge in [0.1, 0.15) is 0 Å². The smallest absolute Gasteiger partial charge is 0.309 e. The first kappa shape index (κ1) is 10.7. The van der Waals surface area contributed by atoms with Crippen LogP contribution in [0, 0.1) is 0 Å². The van der Waals surface area contributed by atoms with Crippen LogP contribution in [0.1, 0.15) is 6.92 Å². The van der Waals surface area contributed by atoms with Gasteiger partial charge in [0.2, 0.25) is 0 Å². The molecule has 9 heavy (non-hydrogen) atoms. The summed E-state index contributed by atoms with van der Waals surface area (Å²) in [5.41, 5.74) is 8.50. The molecular weight excluding hydrogens is 116 g/mol. The van der Waals surface area contributed by atoms with E-state index in [9.17, 15) is 0 Å². The van der Waals surface area contributed by atoms with Crippen LogP contribution in [0.5, 0.6) is 0 Å². The highest BCUT2D eigenvalue weighted by molar-refractivity contribution is 5.69. The maximum atomic E-state index is 9.00. The second-order valence-electron chi connectivity index (χ2n) is 1.16. The summed E-state index contributed by atoms with van der Waals surface area (Å²) in [6, 6.07) is -0.833. The fourth-order valence-corrected chi connectivity index (χ4v) is 0.136. The molecule has 0 saturated heterocycles. The zero-order valence-corrected chi connectivity index (χ0v) is 5.50. The Bertz CT molecular complexity index is 104. The second-order valence-corrected chi connectivity index (χ2v) is 1.16. The average Bonchev–Trinajstić information content (AvgIpc) is 1.66. The minimum atomic E-state index is -0.833. The fourth-order valence-electron chi connectivity index (χ4n) is 0.136. The number of carbonyl (C=O) groups is 1. The molecule has 0 heterocycles. The van der Waals surface area contributed by atoms with Crippen LogP contribution in [-0.4, -0.2) is 6.03 Å². The van der Waals surface area contributed by atoms with E-state index in [1.165, 1.54) is 0 Å². The van der Waals surface area contributed by atoms with Crippen molar-refractivity contribution in [2.45, 2.75) is 6.92 Å². The van der Waals surface area contributed by atoms with Crippen molar-refractivity contribution in [1.82, 2.24) is 0 Å². The van der Waals surface area contributed by atoms with Gasteiger partial charge in [-0.25, -0.2) is 4.79 Å². The molecule has 0 saturated carbocycles. The maximum Gasteiger partial charge on any atom is 0.309 e. The molecule has 3 heteroatoms. The Morgan fingerprint density at radius 3 is 1.89 bits per heavy atom. The molecule has 0 aliphatic carbocycles. The van der Waals surface area contributed by atoms with Gasteiger partial charge >= 0.3 is 6.03 Å². The van der Waals surface area contributed by atoms with Gasteiger partial charge in [-0.2, -0.15) is 0 Å². The van der Waals surface area contributed by atoms with E-state index in [4.69, 9.17) is 4.79 Å². The lowest BCUT2D eigenvalue weighted by Crippen LogP contribution is -2.18. The molecule has 0 fully saturated rings. The van der Waals surface area contributed by atoms with Crippen LogP contribution in [0.4, 0.5) is 4.79 Å².